The van der Waals surface area contributed by atoms with E-state index >= 15 is 0 Å². The van der Waals surface area contributed by atoms with Gasteiger partial charge in [0, 0.05) is 13.0 Å². The minimum Gasteiger partial charge on any atom is -0.368 e. The van der Waals surface area contributed by atoms with Crippen LogP contribution in [0.1, 0.15) is 5.82 Å². The lowest BCUT2D eigenvalue weighted by atomic mass is 10.4. The van der Waals surface area contributed by atoms with Gasteiger partial charge in [-0.1, -0.05) is 16.8 Å². The summed E-state index contributed by atoms with van der Waals surface area (Å²) in [7, 11) is 0. The summed E-state index contributed by atoms with van der Waals surface area (Å²) in [6, 6.07) is 0. The van der Waals surface area contributed by atoms with Crippen molar-refractivity contribution in [3.05, 3.63) is 28.7 Å². The molecule has 0 aliphatic rings. The summed E-state index contributed by atoms with van der Waals surface area (Å²) in [6.45, 7) is 0.576. The number of nitrogens with one attached hydrogen (secondary N) is 1. The fourth-order valence-electron chi connectivity index (χ4n) is 1.06. The van der Waals surface area contributed by atoms with Gasteiger partial charge in [-0.15, -0.1) is 0 Å². The maximum Gasteiger partial charge on any atom is 0.224 e. The number of halogens is 2. The second kappa shape index (κ2) is 5.09. The van der Waals surface area contributed by atoms with Crippen molar-refractivity contribution < 1.29 is 4.52 Å². The number of hydrogen-bond donors (Lipinski definition) is 1. The van der Waals surface area contributed by atoms with E-state index < -0.39 is 0 Å². The minimum atomic E-state index is 0.145. The van der Waals surface area contributed by atoms with Crippen LogP contribution in [0, 0.1) is 0 Å². The predicted molar refractivity (Wildman–Crippen MR) is 58.5 cm³/mol. The van der Waals surface area contributed by atoms with Crippen LogP contribution in [-0.4, -0.2) is 26.7 Å². The highest BCUT2D eigenvalue weighted by Crippen LogP contribution is 2.18. The Bertz CT molecular complexity index is 461. The van der Waals surface area contributed by atoms with Crippen molar-refractivity contribution in [1.29, 1.82) is 0 Å². The SMILES string of the molecule is Clc1ncc(Cl)c(NCCc2ncon2)n1. The highest BCUT2D eigenvalue weighted by atomic mass is 35.5. The van der Waals surface area contributed by atoms with Gasteiger partial charge in [0.1, 0.15) is 10.8 Å². The van der Waals surface area contributed by atoms with Crippen LogP contribution in [0.4, 0.5) is 5.82 Å². The average Bonchev–Trinajstić information content (AvgIpc) is 2.76. The molecule has 2 aromatic heterocycles. The first-order valence-electron chi connectivity index (χ1n) is 4.43. The van der Waals surface area contributed by atoms with Crippen LogP contribution in [0.5, 0.6) is 0 Å². The lowest BCUT2D eigenvalue weighted by Crippen LogP contribution is -2.08. The smallest absolute Gasteiger partial charge is 0.224 e. The lowest BCUT2D eigenvalue weighted by Gasteiger charge is -2.05. The Balaban J connectivity index is 1.92. The molecule has 0 saturated carbocycles. The Morgan fingerprint density at radius 3 is 2.94 bits per heavy atom. The van der Waals surface area contributed by atoms with Crippen molar-refractivity contribution in [3.8, 4) is 0 Å². The van der Waals surface area contributed by atoms with Gasteiger partial charge in [0.25, 0.3) is 0 Å². The molecule has 2 heterocycles. The Labute approximate surface area is 101 Å². The first-order valence-corrected chi connectivity index (χ1v) is 5.18. The van der Waals surface area contributed by atoms with Crippen LogP contribution in [0.15, 0.2) is 17.1 Å². The van der Waals surface area contributed by atoms with Crippen LogP contribution in [0.25, 0.3) is 0 Å². The molecule has 0 unspecified atom stereocenters. The monoisotopic (exact) mass is 259 g/mol. The normalized spacial score (nSPS) is 10.4. The van der Waals surface area contributed by atoms with Crippen LogP contribution in [0.2, 0.25) is 10.3 Å². The van der Waals surface area contributed by atoms with Gasteiger partial charge in [-0.3, -0.25) is 0 Å². The summed E-state index contributed by atoms with van der Waals surface area (Å²) < 4.78 is 4.60. The van der Waals surface area contributed by atoms with E-state index in [0.29, 0.717) is 29.6 Å². The van der Waals surface area contributed by atoms with Crippen LogP contribution in [-0.2, 0) is 6.42 Å². The molecule has 0 fully saturated rings. The molecule has 0 spiro atoms. The molecule has 0 aromatic carbocycles. The Morgan fingerprint density at radius 2 is 2.19 bits per heavy atom. The van der Waals surface area contributed by atoms with E-state index in [-0.39, 0.29) is 5.28 Å². The van der Waals surface area contributed by atoms with Crippen molar-refractivity contribution in [2.75, 3.05) is 11.9 Å². The molecule has 0 bridgehead atoms. The second-order valence-electron chi connectivity index (χ2n) is 2.86. The molecule has 0 atom stereocenters. The topological polar surface area (TPSA) is 76.7 Å². The number of anilines is 1. The van der Waals surface area contributed by atoms with Crippen LogP contribution < -0.4 is 5.32 Å². The molecule has 8 heteroatoms. The lowest BCUT2D eigenvalue weighted by molar-refractivity contribution is 0.410. The molecule has 0 radical (unpaired) electrons. The maximum atomic E-state index is 5.86. The Kier molecular flexibility index (Phi) is 3.53. The molecule has 2 rings (SSSR count). The number of aromatic nitrogens is 4. The molecule has 0 saturated heterocycles. The van der Waals surface area contributed by atoms with Crippen LogP contribution in [0.3, 0.4) is 0 Å². The number of hydrogen-bond acceptors (Lipinski definition) is 6. The Hall–Kier alpha value is -1.40. The molecule has 2 aromatic rings. The summed E-state index contributed by atoms with van der Waals surface area (Å²) >= 11 is 11.5. The van der Waals surface area contributed by atoms with E-state index in [1.165, 1.54) is 12.6 Å². The number of nitrogens with zero attached hydrogens (tertiary/aromatic N) is 4. The van der Waals surface area contributed by atoms with Crippen molar-refractivity contribution in [3.63, 3.8) is 0 Å². The fourth-order valence-corrected chi connectivity index (χ4v) is 1.36. The van der Waals surface area contributed by atoms with Gasteiger partial charge in [-0.25, -0.2) is 4.98 Å². The summed E-state index contributed by atoms with van der Waals surface area (Å²) in [5, 5.41) is 7.23. The molecule has 1 N–H and O–H groups in total. The van der Waals surface area contributed by atoms with Crippen molar-refractivity contribution in [2.24, 2.45) is 0 Å². The second-order valence-corrected chi connectivity index (χ2v) is 3.61. The average molecular weight is 260 g/mol. The van der Waals surface area contributed by atoms with Gasteiger partial charge >= 0.3 is 0 Å². The van der Waals surface area contributed by atoms with Crippen LogP contribution >= 0.6 is 23.2 Å². The van der Waals surface area contributed by atoms with Gasteiger partial charge < -0.3 is 9.84 Å². The highest BCUT2D eigenvalue weighted by molar-refractivity contribution is 6.33. The molecule has 16 heavy (non-hydrogen) atoms. The summed E-state index contributed by atoms with van der Waals surface area (Å²) in [5.74, 6) is 1.11. The summed E-state index contributed by atoms with van der Waals surface area (Å²) in [5.41, 5.74) is 0. The Morgan fingerprint density at radius 1 is 1.31 bits per heavy atom. The van der Waals surface area contributed by atoms with E-state index in [4.69, 9.17) is 23.2 Å². The predicted octanol–water partition coefficient (Wildman–Crippen LogP) is 1.82. The van der Waals surface area contributed by atoms with Crippen molar-refractivity contribution in [1.82, 2.24) is 20.1 Å². The quantitative estimate of drug-likeness (QED) is 0.845. The maximum absolute atomic E-state index is 5.86. The zero-order valence-electron chi connectivity index (χ0n) is 8.02. The van der Waals surface area contributed by atoms with E-state index in [1.54, 1.807) is 0 Å². The van der Waals surface area contributed by atoms with E-state index in [1.807, 2.05) is 0 Å². The molecule has 84 valence electrons. The zero-order chi connectivity index (χ0) is 11.4. The molecule has 0 amide bonds. The molecular formula is C8H7Cl2N5O. The van der Waals surface area contributed by atoms with E-state index in [2.05, 4.69) is 29.9 Å². The molecular weight excluding hydrogens is 253 g/mol. The van der Waals surface area contributed by atoms with Gasteiger partial charge in [-0.2, -0.15) is 9.97 Å². The van der Waals surface area contributed by atoms with Crippen molar-refractivity contribution >= 4 is 29.0 Å². The fraction of sp³-hybridized carbons (Fsp3) is 0.250. The van der Waals surface area contributed by atoms with Gasteiger partial charge in [-0.05, 0) is 11.6 Å². The zero-order valence-corrected chi connectivity index (χ0v) is 9.53. The number of rotatable bonds is 4. The third kappa shape index (κ3) is 2.80. The molecule has 0 aliphatic heterocycles. The largest absolute Gasteiger partial charge is 0.368 e. The summed E-state index contributed by atoms with van der Waals surface area (Å²) in [6.07, 6.45) is 3.33. The van der Waals surface area contributed by atoms with E-state index in [0.717, 1.165) is 0 Å². The first-order chi connectivity index (χ1) is 7.75. The molecule has 6 nitrogen and oxygen atoms in total. The highest BCUT2D eigenvalue weighted by Gasteiger charge is 2.04. The van der Waals surface area contributed by atoms with Gasteiger partial charge in [0.2, 0.25) is 11.7 Å². The van der Waals surface area contributed by atoms with Crippen molar-refractivity contribution in [2.45, 2.75) is 6.42 Å². The summed E-state index contributed by atoms with van der Waals surface area (Å²) in [4.78, 5) is 11.6. The third-order valence-corrected chi connectivity index (χ3v) is 2.22. The third-order valence-electron chi connectivity index (χ3n) is 1.76. The standard InChI is InChI=1S/C8H7Cl2N5O/c9-5-3-12-8(10)14-7(5)11-2-1-6-13-4-16-15-6/h3-4H,1-2H2,(H,11,12,14). The van der Waals surface area contributed by atoms with Gasteiger partial charge in [0.15, 0.2) is 5.82 Å². The molecule has 0 aliphatic carbocycles. The first kappa shape index (κ1) is 11.1. The van der Waals surface area contributed by atoms with E-state index in [9.17, 15) is 0 Å². The minimum absolute atomic E-state index is 0.145. The van der Waals surface area contributed by atoms with Gasteiger partial charge in [0.05, 0.1) is 6.20 Å².